The third kappa shape index (κ3) is 3.98. The molecule has 1 aliphatic heterocycles. The van der Waals surface area contributed by atoms with Gasteiger partial charge in [-0.15, -0.1) is 11.3 Å². The maximum absolute atomic E-state index is 6.32. The van der Waals surface area contributed by atoms with Gasteiger partial charge in [0.25, 0.3) is 0 Å². The van der Waals surface area contributed by atoms with E-state index in [1.54, 1.807) is 11.3 Å². The summed E-state index contributed by atoms with van der Waals surface area (Å²) in [4.78, 5) is 14.8. The van der Waals surface area contributed by atoms with Crippen molar-refractivity contribution in [2.75, 3.05) is 36.0 Å². The largest absolute Gasteiger partial charge is 0.368 e. The molecule has 4 aromatic rings. The minimum atomic E-state index is 0.299. The molecule has 7 heteroatoms. The molecule has 0 N–H and O–H groups in total. The molecule has 1 fully saturated rings. The van der Waals surface area contributed by atoms with Crippen molar-refractivity contribution in [3.63, 3.8) is 0 Å². The van der Waals surface area contributed by atoms with Crippen molar-refractivity contribution in [2.24, 2.45) is 0 Å². The van der Waals surface area contributed by atoms with E-state index in [0.29, 0.717) is 5.28 Å². The van der Waals surface area contributed by atoms with E-state index in [9.17, 15) is 0 Å². The molecule has 0 bridgehead atoms. The zero-order valence-electron chi connectivity index (χ0n) is 17.4. The van der Waals surface area contributed by atoms with Gasteiger partial charge in [0.05, 0.1) is 5.39 Å². The maximum atomic E-state index is 6.32. The first-order valence-corrected chi connectivity index (χ1v) is 11.9. The van der Waals surface area contributed by atoms with Crippen LogP contribution in [0.4, 0.5) is 11.5 Å². The third-order valence-electron chi connectivity index (χ3n) is 5.96. The first kappa shape index (κ1) is 20.6. The van der Waals surface area contributed by atoms with Crippen molar-refractivity contribution in [2.45, 2.75) is 13.8 Å². The first-order valence-electron chi connectivity index (χ1n) is 10.3. The van der Waals surface area contributed by atoms with Crippen LogP contribution in [0.15, 0.2) is 47.8 Å². The number of thiophene rings is 1. The highest BCUT2D eigenvalue weighted by atomic mass is 35.5. The average Bonchev–Trinajstić information content (AvgIpc) is 3.19. The van der Waals surface area contributed by atoms with Crippen LogP contribution in [0.3, 0.4) is 0 Å². The van der Waals surface area contributed by atoms with E-state index in [0.717, 1.165) is 52.9 Å². The summed E-state index contributed by atoms with van der Waals surface area (Å²) in [5, 5.41) is 4.33. The molecule has 158 valence electrons. The number of fused-ring (bicyclic) bond motifs is 1. The molecule has 0 unspecified atom stereocenters. The predicted octanol–water partition coefficient (Wildman–Crippen LogP) is 6.61. The normalized spacial score (nSPS) is 14.5. The fourth-order valence-corrected chi connectivity index (χ4v) is 5.44. The number of nitrogens with zero attached hydrogens (tertiary/aromatic N) is 4. The van der Waals surface area contributed by atoms with Gasteiger partial charge in [-0.2, -0.15) is 4.98 Å². The summed E-state index contributed by atoms with van der Waals surface area (Å²) in [6, 6.07) is 14.6. The highest BCUT2D eigenvalue weighted by Gasteiger charge is 2.24. The van der Waals surface area contributed by atoms with Gasteiger partial charge >= 0.3 is 0 Å². The van der Waals surface area contributed by atoms with E-state index in [1.165, 1.54) is 22.3 Å². The molecule has 4 nitrogen and oxygen atoms in total. The number of aryl methyl sites for hydroxylation is 2. The summed E-state index contributed by atoms with van der Waals surface area (Å²) in [6.45, 7) is 7.79. The molecule has 0 spiro atoms. The van der Waals surface area contributed by atoms with Gasteiger partial charge in [-0.25, -0.2) is 4.98 Å². The molecule has 5 rings (SSSR count). The van der Waals surface area contributed by atoms with E-state index >= 15 is 0 Å². The molecule has 2 aromatic heterocycles. The molecular formula is C24H22Cl2N4S. The molecule has 0 aliphatic carbocycles. The number of benzene rings is 2. The van der Waals surface area contributed by atoms with Gasteiger partial charge in [0.2, 0.25) is 5.28 Å². The fourth-order valence-electron chi connectivity index (χ4n) is 4.10. The smallest absolute Gasteiger partial charge is 0.225 e. The molecule has 0 amide bonds. The Labute approximate surface area is 196 Å². The Hall–Kier alpha value is -2.34. The Morgan fingerprint density at radius 1 is 0.871 bits per heavy atom. The van der Waals surface area contributed by atoms with Crippen molar-refractivity contribution in [3.05, 3.63) is 69.3 Å². The molecule has 31 heavy (non-hydrogen) atoms. The lowest BCUT2D eigenvalue weighted by Crippen LogP contribution is -2.47. The van der Waals surface area contributed by atoms with Crippen molar-refractivity contribution >= 4 is 56.3 Å². The van der Waals surface area contributed by atoms with Gasteiger partial charge in [0.1, 0.15) is 10.6 Å². The first-order chi connectivity index (χ1) is 15.0. The Morgan fingerprint density at radius 3 is 2.39 bits per heavy atom. The summed E-state index contributed by atoms with van der Waals surface area (Å²) in [5.74, 6) is 0.926. The van der Waals surface area contributed by atoms with Gasteiger partial charge in [-0.1, -0.05) is 35.9 Å². The van der Waals surface area contributed by atoms with Gasteiger partial charge < -0.3 is 9.80 Å². The summed E-state index contributed by atoms with van der Waals surface area (Å²) in [5.41, 5.74) is 6.10. The van der Waals surface area contributed by atoms with Crippen LogP contribution in [0.2, 0.25) is 10.3 Å². The van der Waals surface area contributed by atoms with E-state index in [-0.39, 0.29) is 0 Å². The van der Waals surface area contributed by atoms with Crippen LogP contribution in [0.5, 0.6) is 0 Å². The van der Waals surface area contributed by atoms with Crippen LogP contribution >= 0.6 is 34.5 Å². The number of hydrogen-bond donors (Lipinski definition) is 0. The Bertz CT molecular complexity index is 1260. The SMILES string of the molecule is Cc1ccc(-c2csc3nc(Cl)nc(N4CCN(c5cccc(Cl)c5)CC4)c23)cc1C. The second kappa shape index (κ2) is 8.30. The monoisotopic (exact) mass is 468 g/mol. The van der Waals surface area contributed by atoms with Crippen molar-refractivity contribution in [1.29, 1.82) is 0 Å². The third-order valence-corrected chi connectivity index (χ3v) is 7.23. The Kier molecular flexibility index (Phi) is 5.51. The summed E-state index contributed by atoms with van der Waals surface area (Å²) in [7, 11) is 0. The van der Waals surface area contributed by atoms with Crippen molar-refractivity contribution < 1.29 is 0 Å². The van der Waals surface area contributed by atoms with Gasteiger partial charge in [0.15, 0.2) is 0 Å². The summed E-state index contributed by atoms with van der Waals surface area (Å²) in [6.07, 6.45) is 0. The topological polar surface area (TPSA) is 32.3 Å². The van der Waals surface area contributed by atoms with Gasteiger partial charge in [-0.3, -0.25) is 0 Å². The molecule has 1 aliphatic rings. The number of hydrogen-bond acceptors (Lipinski definition) is 5. The molecular weight excluding hydrogens is 447 g/mol. The van der Waals surface area contributed by atoms with E-state index < -0.39 is 0 Å². The van der Waals surface area contributed by atoms with E-state index in [2.05, 4.69) is 63.3 Å². The molecule has 0 radical (unpaired) electrons. The highest BCUT2D eigenvalue weighted by Crippen LogP contribution is 2.39. The molecule has 3 heterocycles. The molecule has 0 saturated carbocycles. The Morgan fingerprint density at radius 2 is 1.65 bits per heavy atom. The second-order valence-electron chi connectivity index (χ2n) is 7.90. The van der Waals surface area contributed by atoms with Crippen LogP contribution < -0.4 is 9.80 Å². The lowest BCUT2D eigenvalue weighted by Gasteiger charge is -2.37. The van der Waals surface area contributed by atoms with Gasteiger partial charge in [0, 0.05) is 47.8 Å². The minimum Gasteiger partial charge on any atom is -0.368 e. The molecule has 2 aromatic carbocycles. The molecule has 0 atom stereocenters. The standard InChI is InChI=1S/C24H22Cl2N4S/c1-15-6-7-17(12-16(15)2)20-14-31-23-21(20)22(27-24(26)28-23)30-10-8-29(9-11-30)19-5-3-4-18(25)13-19/h3-7,12-14H,8-11H2,1-2H3. The second-order valence-corrected chi connectivity index (χ2v) is 9.53. The fraction of sp³-hybridized carbons (Fsp3) is 0.250. The number of aromatic nitrogens is 2. The number of halogens is 2. The van der Waals surface area contributed by atoms with Crippen LogP contribution in [-0.2, 0) is 0 Å². The van der Waals surface area contributed by atoms with Crippen LogP contribution in [0.1, 0.15) is 11.1 Å². The lowest BCUT2D eigenvalue weighted by molar-refractivity contribution is 0.649. The lowest BCUT2D eigenvalue weighted by atomic mass is 10.0. The number of anilines is 2. The zero-order chi connectivity index (χ0) is 21.5. The molecule has 1 saturated heterocycles. The maximum Gasteiger partial charge on any atom is 0.225 e. The van der Waals surface area contributed by atoms with Gasteiger partial charge in [-0.05, 0) is 60.3 Å². The number of piperazine rings is 1. The summed E-state index contributed by atoms with van der Waals surface area (Å²) >= 11 is 14.1. The summed E-state index contributed by atoms with van der Waals surface area (Å²) < 4.78 is 0. The quantitative estimate of drug-likeness (QED) is 0.316. The van der Waals surface area contributed by atoms with Crippen LogP contribution in [-0.4, -0.2) is 36.1 Å². The van der Waals surface area contributed by atoms with E-state index in [4.69, 9.17) is 23.2 Å². The number of rotatable bonds is 3. The predicted molar refractivity (Wildman–Crippen MR) is 133 cm³/mol. The average molecular weight is 469 g/mol. The van der Waals surface area contributed by atoms with Crippen molar-refractivity contribution in [1.82, 2.24) is 9.97 Å². The minimum absolute atomic E-state index is 0.299. The van der Waals surface area contributed by atoms with Crippen LogP contribution in [0, 0.1) is 13.8 Å². The highest BCUT2D eigenvalue weighted by molar-refractivity contribution is 7.17. The Balaban J connectivity index is 1.50. The van der Waals surface area contributed by atoms with E-state index in [1.807, 2.05) is 18.2 Å². The zero-order valence-corrected chi connectivity index (χ0v) is 19.7. The van der Waals surface area contributed by atoms with Crippen LogP contribution in [0.25, 0.3) is 21.3 Å². The van der Waals surface area contributed by atoms with Crippen molar-refractivity contribution in [3.8, 4) is 11.1 Å².